The molecule has 0 aromatic carbocycles. The molecular formula is C68H132O17P2. The van der Waals surface area contributed by atoms with Crippen LogP contribution in [0.1, 0.15) is 337 Å². The van der Waals surface area contributed by atoms with Crippen molar-refractivity contribution in [2.45, 2.75) is 356 Å². The van der Waals surface area contributed by atoms with Crippen LogP contribution in [0.2, 0.25) is 0 Å². The molecule has 0 aliphatic heterocycles. The Morgan fingerprint density at radius 1 is 0.333 bits per heavy atom. The van der Waals surface area contributed by atoms with Gasteiger partial charge in [0.25, 0.3) is 0 Å². The molecule has 0 spiro atoms. The molecule has 6 atom stereocenters. The van der Waals surface area contributed by atoms with E-state index in [0.717, 1.165) is 108 Å². The normalized spacial score (nSPS) is 14.6. The van der Waals surface area contributed by atoms with Crippen molar-refractivity contribution in [1.82, 2.24) is 0 Å². The zero-order valence-corrected chi connectivity index (χ0v) is 58.3. The molecule has 0 rings (SSSR count). The van der Waals surface area contributed by atoms with Gasteiger partial charge in [0, 0.05) is 25.7 Å². The second-order valence-electron chi connectivity index (χ2n) is 25.8. The summed E-state index contributed by atoms with van der Waals surface area (Å²) in [5.41, 5.74) is 0. The molecule has 0 aromatic rings. The largest absolute Gasteiger partial charge is 0.472 e. The van der Waals surface area contributed by atoms with E-state index in [4.69, 9.17) is 37.0 Å². The number of hydrogen-bond acceptors (Lipinski definition) is 15. The summed E-state index contributed by atoms with van der Waals surface area (Å²) in [6, 6.07) is 0. The van der Waals surface area contributed by atoms with Crippen LogP contribution in [0, 0.1) is 17.8 Å². The van der Waals surface area contributed by atoms with Gasteiger partial charge in [0.2, 0.25) is 0 Å². The molecule has 0 aliphatic rings. The molecule has 516 valence electrons. The highest BCUT2D eigenvalue weighted by atomic mass is 31.2. The second-order valence-corrected chi connectivity index (χ2v) is 28.7. The number of phosphoric acid groups is 2. The number of hydrogen-bond donors (Lipinski definition) is 3. The summed E-state index contributed by atoms with van der Waals surface area (Å²) in [5, 5.41) is 10.6. The second kappa shape index (κ2) is 59.1. The minimum atomic E-state index is -4.95. The van der Waals surface area contributed by atoms with Crippen molar-refractivity contribution in [2.24, 2.45) is 17.8 Å². The van der Waals surface area contributed by atoms with Crippen LogP contribution in [0.3, 0.4) is 0 Å². The fourth-order valence-corrected chi connectivity index (χ4v) is 11.7. The fourth-order valence-electron chi connectivity index (χ4n) is 10.2. The maximum Gasteiger partial charge on any atom is 0.472 e. The topological polar surface area (TPSA) is 237 Å². The summed E-state index contributed by atoms with van der Waals surface area (Å²) >= 11 is 0. The average molecular weight is 1280 g/mol. The highest BCUT2D eigenvalue weighted by Crippen LogP contribution is 2.45. The Hall–Kier alpha value is -1.94. The van der Waals surface area contributed by atoms with E-state index in [1.54, 1.807) is 0 Å². The number of aliphatic hydroxyl groups is 1. The summed E-state index contributed by atoms with van der Waals surface area (Å²) in [5.74, 6) is 0.149. The lowest BCUT2D eigenvalue weighted by Gasteiger charge is -2.21. The molecule has 0 heterocycles. The molecule has 0 saturated heterocycles. The Labute approximate surface area is 530 Å². The van der Waals surface area contributed by atoms with Crippen LogP contribution in [-0.4, -0.2) is 96.7 Å². The summed E-state index contributed by atoms with van der Waals surface area (Å²) in [4.78, 5) is 72.3. The fraction of sp³-hybridized carbons (Fsp3) is 0.941. The van der Waals surface area contributed by atoms with Gasteiger partial charge in [-0.1, -0.05) is 286 Å². The Bertz CT molecular complexity index is 1720. The van der Waals surface area contributed by atoms with Gasteiger partial charge in [-0.05, 0) is 43.4 Å². The maximum absolute atomic E-state index is 13.0. The summed E-state index contributed by atoms with van der Waals surface area (Å²) in [7, 11) is -9.89. The molecule has 3 unspecified atom stereocenters. The molecule has 0 fully saturated rings. The highest BCUT2D eigenvalue weighted by molar-refractivity contribution is 7.47. The zero-order chi connectivity index (χ0) is 64.5. The Kier molecular flexibility index (Phi) is 57.8. The van der Waals surface area contributed by atoms with Gasteiger partial charge in [0.1, 0.15) is 19.3 Å². The van der Waals surface area contributed by atoms with Crippen LogP contribution in [0.5, 0.6) is 0 Å². The van der Waals surface area contributed by atoms with Gasteiger partial charge >= 0.3 is 39.5 Å². The first-order valence-electron chi connectivity index (χ1n) is 35.4. The third-order valence-corrected chi connectivity index (χ3v) is 17.9. The van der Waals surface area contributed by atoms with Crippen molar-refractivity contribution < 1.29 is 80.2 Å². The minimum absolute atomic E-state index is 0.103. The highest BCUT2D eigenvalue weighted by Gasteiger charge is 2.30. The van der Waals surface area contributed by atoms with E-state index in [9.17, 15) is 43.2 Å². The standard InChI is InChI=1S/C68H132O17P2/c1-8-10-11-12-13-28-35-42-49-65(70)78-55-64(85-68(73)52-45-38-31-24-26-33-40-47-60(5)6)58-83-87(76,77)81-54-62(69)53-80-86(74,75)82-57-63(56-79-66(71)50-43-36-29-22-19-18-21-27-34-41-48-61(7)9-2)84-67(72)51-44-37-30-23-17-15-14-16-20-25-32-39-46-59(3)4/h59-64,69H,8-58H2,1-7H3,(H,74,75)(H,76,77)/t61?,62-,63-,64-/m1/s1. The summed E-state index contributed by atoms with van der Waals surface area (Å²) in [6.45, 7) is 11.8. The Morgan fingerprint density at radius 2 is 0.586 bits per heavy atom. The van der Waals surface area contributed by atoms with Crippen LogP contribution in [0.4, 0.5) is 0 Å². The van der Waals surface area contributed by atoms with E-state index in [2.05, 4.69) is 48.5 Å². The van der Waals surface area contributed by atoms with Crippen LogP contribution in [0.25, 0.3) is 0 Å². The first-order valence-corrected chi connectivity index (χ1v) is 38.4. The Morgan fingerprint density at radius 3 is 0.874 bits per heavy atom. The number of esters is 4. The third kappa shape index (κ3) is 61.3. The number of rotatable bonds is 66. The van der Waals surface area contributed by atoms with Gasteiger partial charge < -0.3 is 33.8 Å². The van der Waals surface area contributed by atoms with E-state index in [0.29, 0.717) is 31.6 Å². The van der Waals surface area contributed by atoms with Crippen LogP contribution < -0.4 is 0 Å². The summed E-state index contributed by atoms with van der Waals surface area (Å²) in [6.07, 6.45) is 41.7. The lowest BCUT2D eigenvalue weighted by Crippen LogP contribution is -2.30. The van der Waals surface area contributed by atoms with E-state index in [-0.39, 0.29) is 25.7 Å². The molecule has 87 heavy (non-hydrogen) atoms. The van der Waals surface area contributed by atoms with Crippen molar-refractivity contribution in [3.05, 3.63) is 0 Å². The molecule has 0 amide bonds. The van der Waals surface area contributed by atoms with Gasteiger partial charge in [-0.3, -0.25) is 37.3 Å². The predicted octanol–water partition coefficient (Wildman–Crippen LogP) is 19.1. The lowest BCUT2D eigenvalue weighted by molar-refractivity contribution is -0.161. The molecular weight excluding hydrogens is 1150 g/mol. The SMILES string of the molecule is CCCCCCCCCCC(=O)OC[C@H](COP(=O)(O)OC[C@H](O)COP(=O)(O)OC[C@@H](COC(=O)CCCCCCCCCCCCC(C)CC)OC(=O)CCCCCCCCCCCCCCC(C)C)OC(=O)CCCCCCCCCC(C)C. The molecule has 0 aliphatic carbocycles. The van der Waals surface area contributed by atoms with Gasteiger partial charge in [-0.2, -0.15) is 0 Å². The third-order valence-electron chi connectivity index (χ3n) is 16.0. The number of carbonyl (C=O) groups is 4. The van der Waals surface area contributed by atoms with E-state index >= 15 is 0 Å². The van der Waals surface area contributed by atoms with Crippen molar-refractivity contribution in [3.63, 3.8) is 0 Å². The maximum atomic E-state index is 13.0. The van der Waals surface area contributed by atoms with Crippen LogP contribution in [-0.2, 0) is 65.4 Å². The monoisotopic (exact) mass is 1280 g/mol. The number of aliphatic hydroxyl groups excluding tert-OH is 1. The minimum Gasteiger partial charge on any atom is -0.462 e. The first-order chi connectivity index (χ1) is 41.8. The van der Waals surface area contributed by atoms with Gasteiger partial charge in [-0.25, -0.2) is 9.13 Å². The van der Waals surface area contributed by atoms with Gasteiger partial charge in [0.05, 0.1) is 26.4 Å². The number of carbonyl (C=O) groups excluding carboxylic acids is 4. The number of ether oxygens (including phenoxy) is 4. The lowest BCUT2D eigenvalue weighted by atomic mass is 9.99. The molecule has 0 bridgehead atoms. The summed E-state index contributed by atoms with van der Waals surface area (Å²) < 4.78 is 68.1. The van der Waals surface area contributed by atoms with E-state index < -0.39 is 97.5 Å². The van der Waals surface area contributed by atoms with Crippen LogP contribution >= 0.6 is 15.6 Å². The van der Waals surface area contributed by atoms with Crippen molar-refractivity contribution in [1.29, 1.82) is 0 Å². The molecule has 0 aromatic heterocycles. The molecule has 0 radical (unpaired) electrons. The van der Waals surface area contributed by atoms with Gasteiger partial charge in [0.15, 0.2) is 12.2 Å². The zero-order valence-electron chi connectivity index (χ0n) is 56.5. The van der Waals surface area contributed by atoms with Crippen molar-refractivity contribution in [3.8, 4) is 0 Å². The Balaban J connectivity index is 5.23. The molecule has 0 saturated carbocycles. The van der Waals surface area contributed by atoms with Gasteiger partial charge in [-0.15, -0.1) is 0 Å². The number of phosphoric ester groups is 2. The van der Waals surface area contributed by atoms with Crippen molar-refractivity contribution >= 4 is 39.5 Å². The quantitative estimate of drug-likeness (QED) is 0.0222. The first kappa shape index (κ1) is 85.1. The average Bonchev–Trinajstić information content (AvgIpc) is 3.66. The molecule has 19 heteroatoms. The van der Waals surface area contributed by atoms with E-state index in [1.165, 1.54) is 141 Å². The predicted molar refractivity (Wildman–Crippen MR) is 349 cm³/mol. The smallest absolute Gasteiger partial charge is 0.462 e. The molecule has 17 nitrogen and oxygen atoms in total. The number of unbranched alkanes of at least 4 members (excludes halogenated alkanes) is 33. The van der Waals surface area contributed by atoms with Crippen LogP contribution in [0.15, 0.2) is 0 Å². The van der Waals surface area contributed by atoms with Crippen molar-refractivity contribution in [2.75, 3.05) is 39.6 Å². The molecule has 3 N–H and O–H groups in total. The van der Waals surface area contributed by atoms with E-state index in [1.807, 2.05) is 0 Å².